The van der Waals surface area contributed by atoms with Gasteiger partial charge in [0.25, 0.3) is 0 Å². The van der Waals surface area contributed by atoms with Gasteiger partial charge >= 0.3 is 5.97 Å². The number of carboxylic acid groups (broad SMARTS) is 1. The minimum atomic E-state index is -0.929. The van der Waals surface area contributed by atoms with Gasteiger partial charge in [0.1, 0.15) is 5.54 Å². The van der Waals surface area contributed by atoms with Gasteiger partial charge in [-0.05, 0) is 44.4 Å². The first-order valence-electron chi connectivity index (χ1n) is 7.58. The summed E-state index contributed by atoms with van der Waals surface area (Å²) in [7, 11) is 0. The predicted molar refractivity (Wildman–Crippen MR) is 74.1 cm³/mol. The molecule has 2 saturated carbocycles. The third-order valence-electron chi connectivity index (χ3n) is 4.36. The predicted octanol–water partition coefficient (Wildman–Crippen LogP) is 2.42. The molecule has 3 unspecified atom stereocenters. The average molecular weight is 269 g/mol. The third kappa shape index (κ3) is 4.46. The molecule has 0 aromatic rings. The van der Waals surface area contributed by atoms with E-state index in [-0.39, 0.29) is 6.61 Å². The van der Waals surface area contributed by atoms with Crippen LogP contribution in [0.25, 0.3) is 0 Å². The molecule has 0 aliphatic heterocycles. The molecule has 3 atom stereocenters. The highest BCUT2D eigenvalue weighted by Crippen LogP contribution is 2.29. The van der Waals surface area contributed by atoms with Gasteiger partial charge in [0, 0.05) is 12.6 Å². The van der Waals surface area contributed by atoms with Crippen molar-refractivity contribution >= 4 is 5.97 Å². The number of hydrogen-bond acceptors (Lipinski definition) is 3. The maximum atomic E-state index is 11.4. The molecule has 19 heavy (non-hydrogen) atoms. The first kappa shape index (κ1) is 14.8. The van der Waals surface area contributed by atoms with Crippen LogP contribution in [0.4, 0.5) is 0 Å². The first-order chi connectivity index (χ1) is 8.99. The summed E-state index contributed by atoms with van der Waals surface area (Å²) in [4.78, 5) is 11.4. The molecular weight excluding hydrogens is 242 g/mol. The number of ether oxygens (including phenoxy) is 1. The summed E-state index contributed by atoms with van der Waals surface area (Å²) in [5, 5.41) is 12.5. The monoisotopic (exact) mass is 269 g/mol. The molecule has 0 radical (unpaired) electrons. The van der Waals surface area contributed by atoms with Crippen LogP contribution in [-0.4, -0.2) is 35.9 Å². The Kier molecular flexibility index (Phi) is 4.85. The molecule has 110 valence electrons. The topological polar surface area (TPSA) is 58.6 Å². The van der Waals surface area contributed by atoms with E-state index in [1.165, 1.54) is 25.7 Å². The van der Waals surface area contributed by atoms with E-state index in [1.807, 2.05) is 0 Å². The lowest BCUT2D eigenvalue weighted by atomic mass is 9.83. The third-order valence-corrected chi connectivity index (χ3v) is 4.36. The highest BCUT2D eigenvalue weighted by molar-refractivity contribution is 5.78. The molecule has 2 fully saturated rings. The number of aliphatic carboxylic acids is 1. The van der Waals surface area contributed by atoms with Gasteiger partial charge in [0.05, 0.1) is 6.61 Å². The molecule has 0 aromatic heterocycles. The minimum Gasteiger partial charge on any atom is -0.480 e. The van der Waals surface area contributed by atoms with Gasteiger partial charge in [-0.15, -0.1) is 0 Å². The van der Waals surface area contributed by atoms with Crippen molar-refractivity contribution < 1.29 is 14.6 Å². The fraction of sp³-hybridized carbons (Fsp3) is 0.933. The summed E-state index contributed by atoms with van der Waals surface area (Å²) in [6, 6.07) is 0.374. The van der Waals surface area contributed by atoms with Crippen LogP contribution in [0, 0.1) is 11.8 Å². The van der Waals surface area contributed by atoms with Gasteiger partial charge in [-0.1, -0.05) is 19.8 Å². The standard InChI is InChI=1S/C15H27NO3/c1-11-4-3-5-12(8-11)9-19-10-15(2,14(17)18)16-13-6-7-13/h11-13,16H,3-10H2,1-2H3,(H,17,18). The lowest BCUT2D eigenvalue weighted by Gasteiger charge is -2.29. The van der Waals surface area contributed by atoms with E-state index in [4.69, 9.17) is 4.74 Å². The molecule has 0 heterocycles. The summed E-state index contributed by atoms with van der Waals surface area (Å²) in [5.41, 5.74) is -0.929. The second-order valence-electron chi connectivity index (χ2n) is 6.71. The second-order valence-corrected chi connectivity index (χ2v) is 6.71. The Hall–Kier alpha value is -0.610. The molecule has 2 N–H and O–H groups in total. The van der Waals surface area contributed by atoms with E-state index in [1.54, 1.807) is 6.92 Å². The number of rotatable bonds is 7. The number of carbonyl (C=O) groups is 1. The van der Waals surface area contributed by atoms with Gasteiger partial charge in [-0.3, -0.25) is 10.1 Å². The van der Waals surface area contributed by atoms with Crippen molar-refractivity contribution in [2.75, 3.05) is 13.2 Å². The highest BCUT2D eigenvalue weighted by Gasteiger charge is 2.39. The normalized spacial score (nSPS) is 30.8. The van der Waals surface area contributed by atoms with Crippen molar-refractivity contribution in [2.24, 2.45) is 11.8 Å². The molecular formula is C15H27NO3. The van der Waals surface area contributed by atoms with Crippen molar-refractivity contribution in [2.45, 2.75) is 64.0 Å². The molecule has 0 amide bonds. The summed E-state index contributed by atoms with van der Waals surface area (Å²) >= 11 is 0. The SMILES string of the molecule is CC1CCCC(COCC(C)(NC2CC2)C(=O)O)C1. The van der Waals surface area contributed by atoms with E-state index >= 15 is 0 Å². The zero-order valence-corrected chi connectivity index (χ0v) is 12.2. The summed E-state index contributed by atoms with van der Waals surface area (Å²) in [6.45, 7) is 5.00. The maximum Gasteiger partial charge on any atom is 0.326 e. The average Bonchev–Trinajstić information content (AvgIpc) is 3.12. The molecule has 2 aliphatic carbocycles. The Morgan fingerprint density at radius 2 is 2.11 bits per heavy atom. The summed E-state index contributed by atoms with van der Waals surface area (Å²) in [6.07, 6.45) is 7.23. The maximum absolute atomic E-state index is 11.4. The smallest absolute Gasteiger partial charge is 0.326 e. The summed E-state index contributed by atoms with van der Waals surface area (Å²) < 4.78 is 5.73. The lowest BCUT2D eigenvalue weighted by molar-refractivity contribution is -0.147. The van der Waals surface area contributed by atoms with Crippen molar-refractivity contribution in [3.05, 3.63) is 0 Å². The largest absolute Gasteiger partial charge is 0.480 e. The first-order valence-corrected chi connectivity index (χ1v) is 7.58. The molecule has 4 heteroatoms. The molecule has 0 aromatic carbocycles. The van der Waals surface area contributed by atoms with Crippen molar-refractivity contribution in [3.8, 4) is 0 Å². The van der Waals surface area contributed by atoms with Crippen LogP contribution in [-0.2, 0) is 9.53 Å². The van der Waals surface area contributed by atoms with Crippen LogP contribution < -0.4 is 5.32 Å². The second kappa shape index (κ2) is 6.23. The number of carboxylic acids is 1. The summed E-state index contributed by atoms with van der Waals surface area (Å²) in [5.74, 6) is 0.594. The minimum absolute atomic E-state index is 0.268. The molecule has 4 nitrogen and oxygen atoms in total. The number of nitrogens with one attached hydrogen (secondary N) is 1. The van der Waals surface area contributed by atoms with Crippen molar-refractivity contribution in [1.29, 1.82) is 0 Å². The Bertz CT molecular complexity index is 317. The molecule has 0 spiro atoms. The van der Waals surface area contributed by atoms with Crippen LogP contribution in [0.15, 0.2) is 0 Å². The van der Waals surface area contributed by atoms with E-state index in [2.05, 4.69) is 12.2 Å². The van der Waals surface area contributed by atoms with E-state index in [0.29, 0.717) is 18.6 Å². The lowest BCUT2D eigenvalue weighted by Crippen LogP contribution is -2.54. The van der Waals surface area contributed by atoms with E-state index in [0.717, 1.165) is 18.8 Å². The van der Waals surface area contributed by atoms with Crippen LogP contribution in [0.5, 0.6) is 0 Å². The van der Waals surface area contributed by atoms with Gasteiger partial charge in [-0.2, -0.15) is 0 Å². The molecule has 0 bridgehead atoms. The Morgan fingerprint density at radius 3 is 2.68 bits per heavy atom. The highest BCUT2D eigenvalue weighted by atomic mass is 16.5. The van der Waals surface area contributed by atoms with Crippen LogP contribution in [0.1, 0.15) is 52.4 Å². The zero-order chi connectivity index (χ0) is 13.9. The fourth-order valence-electron chi connectivity index (χ4n) is 2.98. The number of hydrogen-bond donors (Lipinski definition) is 2. The Morgan fingerprint density at radius 1 is 1.37 bits per heavy atom. The van der Waals surface area contributed by atoms with Gasteiger partial charge in [-0.25, -0.2) is 0 Å². The van der Waals surface area contributed by atoms with Gasteiger partial charge < -0.3 is 9.84 Å². The zero-order valence-electron chi connectivity index (χ0n) is 12.2. The van der Waals surface area contributed by atoms with Crippen molar-refractivity contribution in [1.82, 2.24) is 5.32 Å². The Labute approximate surface area is 115 Å². The molecule has 0 saturated heterocycles. The van der Waals surface area contributed by atoms with E-state index in [9.17, 15) is 9.90 Å². The Balaban J connectivity index is 1.73. The van der Waals surface area contributed by atoms with Crippen LogP contribution >= 0.6 is 0 Å². The molecule has 2 aliphatic rings. The van der Waals surface area contributed by atoms with Gasteiger partial charge in [0.15, 0.2) is 0 Å². The fourth-order valence-corrected chi connectivity index (χ4v) is 2.98. The van der Waals surface area contributed by atoms with Crippen LogP contribution in [0.3, 0.4) is 0 Å². The molecule has 2 rings (SSSR count). The quantitative estimate of drug-likeness (QED) is 0.745. The van der Waals surface area contributed by atoms with Gasteiger partial charge in [0.2, 0.25) is 0 Å². The van der Waals surface area contributed by atoms with Crippen LogP contribution in [0.2, 0.25) is 0 Å². The van der Waals surface area contributed by atoms with E-state index < -0.39 is 11.5 Å². The van der Waals surface area contributed by atoms with Crippen molar-refractivity contribution in [3.63, 3.8) is 0 Å².